The molecule has 30 heavy (non-hydrogen) atoms. The summed E-state index contributed by atoms with van der Waals surface area (Å²) >= 11 is 0. The van der Waals surface area contributed by atoms with Crippen LogP contribution in [0.2, 0.25) is 0 Å². The average Bonchev–Trinajstić information content (AvgIpc) is 3.49. The number of hydrogen-bond donors (Lipinski definition) is 2. The molecule has 6 rings (SSSR count). The normalized spacial score (nSPS) is 36.9. The van der Waals surface area contributed by atoms with Crippen molar-refractivity contribution in [1.29, 1.82) is 0 Å². The van der Waals surface area contributed by atoms with Crippen LogP contribution in [0.3, 0.4) is 0 Å². The van der Waals surface area contributed by atoms with Gasteiger partial charge in [0.1, 0.15) is 18.0 Å². The second-order valence-corrected chi connectivity index (χ2v) is 8.65. The fourth-order valence-electron chi connectivity index (χ4n) is 4.89. The molecule has 4 aliphatic heterocycles. The van der Waals surface area contributed by atoms with Gasteiger partial charge in [-0.25, -0.2) is 0 Å². The molecule has 0 aromatic heterocycles. The third kappa shape index (κ3) is 2.97. The zero-order valence-corrected chi connectivity index (χ0v) is 16.9. The lowest BCUT2D eigenvalue weighted by Gasteiger charge is -2.22. The number of oxime groups is 1. The fourth-order valence-corrected chi connectivity index (χ4v) is 4.89. The number of nitrogens with zero attached hydrogens (tertiary/aromatic N) is 1. The van der Waals surface area contributed by atoms with E-state index in [1.807, 2.05) is 26.0 Å². The summed E-state index contributed by atoms with van der Waals surface area (Å²) in [6.07, 6.45) is -1.48. The van der Waals surface area contributed by atoms with Crippen LogP contribution in [0.5, 0.6) is 0 Å². The van der Waals surface area contributed by atoms with E-state index in [1.165, 1.54) is 11.1 Å². The van der Waals surface area contributed by atoms with Crippen LogP contribution in [0, 0.1) is 0 Å². The number of benzene rings is 2. The molecule has 3 fully saturated rings. The summed E-state index contributed by atoms with van der Waals surface area (Å²) < 4.78 is 18.0. The molecule has 0 aliphatic carbocycles. The Morgan fingerprint density at radius 2 is 1.40 bits per heavy atom. The Balaban J connectivity index is 1.26. The molecule has 0 bridgehead atoms. The molecule has 0 radical (unpaired) electrons. The molecule has 3 saturated heterocycles. The lowest BCUT2D eigenvalue weighted by atomic mass is 9.95. The molecule has 7 heteroatoms. The van der Waals surface area contributed by atoms with Crippen molar-refractivity contribution < 1.29 is 19.0 Å². The van der Waals surface area contributed by atoms with Crippen molar-refractivity contribution in [2.24, 2.45) is 5.16 Å². The maximum Gasteiger partial charge on any atom is 0.192 e. The smallest absolute Gasteiger partial charge is 0.192 e. The van der Waals surface area contributed by atoms with E-state index in [0.29, 0.717) is 0 Å². The molecule has 0 spiro atoms. The summed E-state index contributed by atoms with van der Waals surface area (Å²) in [5.74, 6) is -0.674. The van der Waals surface area contributed by atoms with Crippen LogP contribution in [-0.2, 0) is 19.0 Å². The predicted octanol–water partition coefficient (Wildman–Crippen LogP) is 2.62. The molecule has 0 amide bonds. The molecule has 0 unspecified atom stereocenters. The maximum absolute atomic E-state index is 6.17. The van der Waals surface area contributed by atoms with E-state index >= 15 is 0 Å². The van der Waals surface area contributed by atoms with Gasteiger partial charge >= 0.3 is 0 Å². The third-order valence-corrected chi connectivity index (χ3v) is 6.20. The Hall–Kier alpha value is -2.29. The lowest BCUT2D eigenvalue weighted by molar-refractivity contribution is -0.206. The van der Waals surface area contributed by atoms with Crippen LogP contribution in [-0.4, -0.2) is 42.3 Å². The van der Waals surface area contributed by atoms with Crippen molar-refractivity contribution in [3.8, 4) is 0 Å². The van der Waals surface area contributed by atoms with Gasteiger partial charge in [0.25, 0.3) is 0 Å². The van der Waals surface area contributed by atoms with Crippen LogP contribution >= 0.6 is 0 Å². The zero-order chi connectivity index (χ0) is 20.3. The Kier molecular flexibility index (Phi) is 4.23. The van der Waals surface area contributed by atoms with Gasteiger partial charge in [-0.1, -0.05) is 65.8 Å². The standard InChI is InChI=1S/C23H25N3O4/c1-23(2)28-20-19-18(27-22(20)29-23)17(26-30-19)21-24-15(13-9-5-3-6-10-13)16(25-21)14-11-7-4-8-12-14/h3-12,15-16,18-22,24-25H,1-2H3/t15-,16-,18-,19+,20-,22-/m0/s1. The molecular weight excluding hydrogens is 382 g/mol. The minimum absolute atomic E-state index is 0.0905. The second-order valence-electron chi connectivity index (χ2n) is 8.65. The summed E-state index contributed by atoms with van der Waals surface area (Å²) in [7, 11) is 0. The van der Waals surface area contributed by atoms with Gasteiger partial charge in [-0.15, -0.1) is 0 Å². The second kappa shape index (κ2) is 6.87. The molecule has 7 nitrogen and oxygen atoms in total. The topological polar surface area (TPSA) is 73.3 Å². The van der Waals surface area contributed by atoms with Gasteiger partial charge in [0.2, 0.25) is 0 Å². The first-order valence-electron chi connectivity index (χ1n) is 10.5. The van der Waals surface area contributed by atoms with E-state index in [0.717, 1.165) is 5.71 Å². The highest BCUT2D eigenvalue weighted by Crippen LogP contribution is 2.42. The van der Waals surface area contributed by atoms with Crippen LogP contribution < -0.4 is 10.6 Å². The van der Waals surface area contributed by atoms with Gasteiger partial charge in [0, 0.05) is 0 Å². The first-order valence-corrected chi connectivity index (χ1v) is 10.5. The van der Waals surface area contributed by atoms with Crippen LogP contribution in [0.4, 0.5) is 0 Å². The minimum atomic E-state index is -0.674. The number of hydrogen-bond acceptors (Lipinski definition) is 7. The lowest BCUT2D eigenvalue weighted by Crippen LogP contribution is -2.47. The van der Waals surface area contributed by atoms with Crippen LogP contribution in [0.1, 0.15) is 37.1 Å². The quantitative estimate of drug-likeness (QED) is 0.815. The number of rotatable bonds is 3. The van der Waals surface area contributed by atoms with Crippen molar-refractivity contribution in [2.45, 2.75) is 62.5 Å². The van der Waals surface area contributed by atoms with Gasteiger partial charge in [-0.05, 0) is 25.0 Å². The first kappa shape index (κ1) is 18.5. The SMILES string of the molecule is CC1(C)O[C@@H]2O[C@H]3C(C4N[C@@H](c5ccccc5)[C@H](c5ccccc5)N4)=NO[C@H]3[C@@H]2O1. The van der Waals surface area contributed by atoms with E-state index in [2.05, 4.69) is 64.3 Å². The van der Waals surface area contributed by atoms with E-state index in [9.17, 15) is 0 Å². The largest absolute Gasteiger partial charge is 0.386 e. The van der Waals surface area contributed by atoms with E-state index in [1.54, 1.807) is 0 Å². The Bertz CT molecular complexity index is 904. The van der Waals surface area contributed by atoms with Crippen LogP contribution in [0.15, 0.2) is 65.8 Å². The highest BCUT2D eigenvalue weighted by molar-refractivity contribution is 5.95. The zero-order valence-electron chi connectivity index (χ0n) is 16.9. The molecule has 6 atom stereocenters. The minimum Gasteiger partial charge on any atom is -0.386 e. The van der Waals surface area contributed by atoms with Crippen molar-refractivity contribution in [3.05, 3.63) is 71.8 Å². The van der Waals surface area contributed by atoms with Crippen LogP contribution in [0.25, 0.3) is 0 Å². The molecule has 2 N–H and O–H groups in total. The first-order chi connectivity index (χ1) is 14.6. The summed E-state index contributed by atoms with van der Waals surface area (Å²) in [5.41, 5.74) is 3.24. The average molecular weight is 407 g/mol. The van der Waals surface area contributed by atoms with Gasteiger partial charge in [-0.2, -0.15) is 0 Å². The Morgan fingerprint density at radius 3 is 2.00 bits per heavy atom. The van der Waals surface area contributed by atoms with E-state index in [-0.39, 0.29) is 36.6 Å². The van der Waals surface area contributed by atoms with Crippen molar-refractivity contribution in [3.63, 3.8) is 0 Å². The molecule has 0 saturated carbocycles. The molecule has 2 aromatic carbocycles. The summed E-state index contributed by atoms with van der Waals surface area (Å²) in [4.78, 5) is 5.77. The molecule has 2 aromatic rings. The highest BCUT2D eigenvalue weighted by Gasteiger charge is 2.61. The van der Waals surface area contributed by atoms with Crippen molar-refractivity contribution >= 4 is 5.71 Å². The van der Waals surface area contributed by atoms with Crippen molar-refractivity contribution in [1.82, 2.24) is 10.6 Å². The third-order valence-electron chi connectivity index (χ3n) is 6.20. The fraction of sp³-hybridized carbons (Fsp3) is 0.435. The molecule has 156 valence electrons. The van der Waals surface area contributed by atoms with Gasteiger partial charge in [-0.3, -0.25) is 10.6 Å². The molecular formula is C23H25N3O4. The van der Waals surface area contributed by atoms with E-state index in [4.69, 9.17) is 19.0 Å². The predicted molar refractivity (Wildman–Crippen MR) is 109 cm³/mol. The number of fused-ring (bicyclic) bond motifs is 3. The summed E-state index contributed by atoms with van der Waals surface area (Å²) in [6.45, 7) is 3.77. The Morgan fingerprint density at radius 1 is 0.800 bits per heavy atom. The molecule has 4 heterocycles. The Labute approximate surface area is 175 Å². The number of ether oxygens (including phenoxy) is 3. The van der Waals surface area contributed by atoms with Gasteiger partial charge in [0.15, 0.2) is 24.3 Å². The summed E-state index contributed by atoms with van der Waals surface area (Å²) in [6, 6.07) is 21.1. The van der Waals surface area contributed by atoms with Gasteiger partial charge < -0.3 is 19.0 Å². The molecule has 4 aliphatic rings. The number of nitrogens with one attached hydrogen (secondary N) is 2. The van der Waals surface area contributed by atoms with Gasteiger partial charge in [0.05, 0.1) is 12.1 Å². The summed E-state index contributed by atoms with van der Waals surface area (Å²) in [5, 5.41) is 11.8. The van der Waals surface area contributed by atoms with Crippen molar-refractivity contribution in [2.75, 3.05) is 0 Å². The highest BCUT2D eigenvalue weighted by atomic mass is 16.9. The monoisotopic (exact) mass is 407 g/mol. The maximum atomic E-state index is 6.17. The van der Waals surface area contributed by atoms with E-state index < -0.39 is 12.1 Å².